The lowest BCUT2D eigenvalue weighted by Crippen LogP contribution is -2.38. The summed E-state index contributed by atoms with van der Waals surface area (Å²) in [5.74, 6) is -0.677. The van der Waals surface area contributed by atoms with E-state index < -0.39 is 5.97 Å². The van der Waals surface area contributed by atoms with Crippen molar-refractivity contribution in [3.8, 4) is 0 Å². The minimum atomic E-state index is -0.872. The van der Waals surface area contributed by atoms with Crippen molar-refractivity contribution in [1.82, 2.24) is 20.3 Å². The van der Waals surface area contributed by atoms with Crippen LogP contribution in [-0.2, 0) is 16.1 Å². The van der Waals surface area contributed by atoms with Gasteiger partial charge in [-0.05, 0) is 18.8 Å². The fraction of sp³-hybridized carbons (Fsp3) is 0.636. The van der Waals surface area contributed by atoms with Gasteiger partial charge in [0.05, 0.1) is 19.2 Å². The number of nitrogens with one attached hydrogen (secondary N) is 1. The van der Waals surface area contributed by atoms with E-state index in [1.165, 1.54) is 0 Å². The molecule has 0 spiro atoms. The van der Waals surface area contributed by atoms with Gasteiger partial charge in [0, 0.05) is 18.7 Å². The predicted molar refractivity (Wildman–Crippen MR) is 61.5 cm³/mol. The first kappa shape index (κ1) is 12.5. The van der Waals surface area contributed by atoms with Gasteiger partial charge in [0.1, 0.15) is 0 Å². The molecule has 0 bridgehead atoms. The van der Waals surface area contributed by atoms with Gasteiger partial charge in [-0.1, -0.05) is 5.21 Å². The number of carboxylic acid groups (broad SMARTS) is 1. The first-order chi connectivity index (χ1) is 8.65. The average molecular weight is 252 g/mol. The fourth-order valence-electron chi connectivity index (χ4n) is 1.87. The van der Waals surface area contributed by atoms with Gasteiger partial charge in [0.25, 0.3) is 0 Å². The summed E-state index contributed by atoms with van der Waals surface area (Å²) in [5.41, 5.74) is 0. The zero-order valence-electron chi connectivity index (χ0n) is 9.95. The molecule has 1 aromatic heterocycles. The van der Waals surface area contributed by atoms with E-state index >= 15 is 0 Å². The number of aliphatic carboxylic acids is 1. The summed E-state index contributed by atoms with van der Waals surface area (Å²) in [4.78, 5) is 22.4. The second-order valence-corrected chi connectivity index (χ2v) is 4.53. The zero-order valence-corrected chi connectivity index (χ0v) is 9.95. The number of rotatable bonds is 7. The Kier molecular flexibility index (Phi) is 3.91. The van der Waals surface area contributed by atoms with Gasteiger partial charge in [-0.15, -0.1) is 5.10 Å². The summed E-state index contributed by atoms with van der Waals surface area (Å²) in [6.45, 7) is 0.455. The normalized spacial score (nSPS) is 16.2. The second-order valence-electron chi connectivity index (χ2n) is 4.53. The summed E-state index contributed by atoms with van der Waals surface area (Å²) in [6.07, 6.45) is 5.52. The molecule has 1 aromatic rings. The minimum Gasteiger partial charge on any atom is -0.481 e. The van der Waals surface area contributed by atoms with Crippen molar-refractivity contribution < 1.29 is 14.7 Å². The predicted octanol–water partition coefficient (Wildman–Crippen LogP) is 0.0377. The molecule has 1 atom stereocenters. The molecule has 1 fully saturated rings. The highest BCUT2D eigenvalue weighted by Crippen LogP contribution is 2.34. The fourth-order valence-corrected chi connectivity index (χ4v) is 1.87. The van der Waals surface area contributed by atoms with Crippen molar-refractivity contribution in [3.63, 3.8) is 0 Å². The third kappa shape index (κ3) is 3.83. The highest BCUT2D eigenvalue weighted by atomic mass is 16.4. The Bertz CT molecular complexity index is 414. The molecule has 18 heavy (non-hydrogen) atoms. The van der Waals surface area contributed by atoms with Crippen LogP contribution in [0, 0.1) is 5.92 Å². The van der Waals surface area contributed by atoms with Gasteiger partial charge < -0.3 is 10.4 Å². The monoisotopic (exact) mass is 252 g/mol. The molecular weight excluding hydrogens is 236 g/mol. The molecule has 0 aliphatic heterocycles. The Hall–Kier alpha value is -1.92. The lowest BCUT2D eigenvalue weighted by Gasteiger charge is -2.16. The molecule has 1 amide bonds. The number of carbonyl (C=O) groups is 2. The standard InChI is InChI=1S/C11H16N4O3/c16-10(3-5-15-6-4-12-14-15)13-9(7-11(17)18)8-1-2-8/h4,6,8-9H,1-3,5,7H2,(H,13,16)(H,17,18). The van der Waals surface area contributed by atoms with Crippen LogP contribution in [0.4, 0.5) is 0 Å². The van der Waals surface area contributed by atoms with E-state index in [2.05, 4.69) is 15.6 Å². The number of nitrogens with zero attached hydrogens (tertiary/aromatic N) is 3. The van der Waals surface area contributed by atoms with Gasteiger partial charge in [-0.2, -0.15) is 0 Å². The maximum atomic E-state index is 11.7. The van der Waals surface area contributed by atoms with Crippen molar-refractivity contribution in [2.24, 2.45) is 5.92 Å². The van der Waals surface area contributed by atoms with Crippen molar-refractivity contribution in [3.05, 3.63) is 12.4 Å². The van der Waals surface area contributed by atoms with Crippen LogP contribution in [0.1, 0.15) is 25.7 Å². The van der Waals surface area contributed by atoms with E-state index in [1.54, 1.807) is 17.1 Å². The number of hydrogen-bond donors (Lipinski definition) is 2. The van der Waals surface area contributed by atoms with E-state index in [1.807, 2.05) is 0 Å². The lowest BCUT2D eigenvalue weighted by molar-refractivity contribution is -0.137. The van der Waals surface area contributed by atoms with Crippen molar-refractivity contribution in [2.75, 3.05) is 0 Å². The number of aromatic nitrogens is 3. The summed E-state index contributed by atoms with van der Waals surface area (Å²) < 4.78 is 1.57. The first-order valence-corrected chi connectivity index (χ1v) is 6.00. The van der Waals surface area contributed by atoms with Gasteiger partial charge in [-0.3, -0.25) is 14.3 Å². The molecule has 7 nitrogen and oxygen atoms in total. The quantitative estimate of drug-likeness (QED) is 0.714. The van der Waals surface area contributed by atoms with E-state index in [9.17, 15) is 9.59 Å². The van der Waals surface area contributed by atoms with Crippen LogP contribution in [0.5, 0.6) is 0 Å². The Morgan fingerprint density at radius 1 is 1.50 bits per heavy atom. The van der Waals surface area contributed by atoms with Gasteiger partial charge >= 0.3 is 5.97 Å². The molecule has 1 heterocycles. The topological polar surface area (TPSA) is 97.1 Å². The summed E-state index contributed by atoms with van der Waals surface area (Å²) in [5, 5.41) is 19.0. The lowest BCUT2D eigenvalue weighted by atomic mass is 10.1. The van der Waals surface area contributed by atoms with Crippen LogP contribution in [0.25, 0.3) is 0 Å². The van der Waals surface area contributed by atoms with Gasteiger partial charge in [-0.25, -0.2) is 0 Å². The maximum Gasteiger partial charge on any atom is 0.305 e. The molecule has 1 saturated carbocycles. The minimum absolute atomic E-state index is 0.000266. The average Bonchev–Trinajstić information content (AvgIpc) is 3.02. The number of aryl methyl sites for hydroxylation is 1. The summed E-state index contributed by atoms with van der Waals surface area (Å²) in [6, 6.07) is -0.231. The molecule has 1 aliphatic rings. The van der Waals surface area contributed by atoms with Crippen LogP contribution >= 0.6 is 0 Å². The maximum absolute atomic E-state index is 11.7. The number of carbonyl (C=O) groups excluding carboxylic acids is 1. The highest BCUT2D eigenvalue weighted by Gasteiger charge is 2.33. The molecule has 1 aliphatic carbocycles. The molecule has 1 unspecified atom stereocenters. The number of carboxylic acids is 1. The van der Waals surface area contributed by atoms with Crippen LogP contribution in [0.2, 0.25) is 0 Å². The Labute approximate surface area is 104 Å². The molecule has 2 rings (SSSR count). The van der Waals surface area contributed by atoms with E-state index in [0.29, 0.717) is 12.5 Å². The Morgan fingerprint density at radius 3 is 2.83 bits per heavy atom. The zero-order chi connectivity index (χ0) is 13.0. The van der Waals surface area contributed by atoms with Crippen molar-refractivity contribution >= 4 is 11.9 Å². The third-order valence-electron chi connectivity index (χ3n) is 2.97. The number of amides is 1. The molecule has 7 heteroatoms. The summed E-state index contributed by atoms with van der Waals surface area (Å²) in [7, 11) is 0. The molecule has 0 saturated heterocycles. The third-order valence-corrected chi connectivity index (χ3v) is 2.97. The molecule has 0 aromatic carbocycles. The van der Waals surface area contributed by atoms with E-state index in [0.717, 1.165) is 12.8 Å². The molecule has 98 valence electrons. The second kappa shape index (κ2) is 5.61. The molecule has 2 N–H and O–H groups in total. The molecule has 0 radical (unpaired) electrons. The van der Waals surface area contributed by atoms with Crippen molar-refractivity contribution in [1.29, 1.82) is 0 Å². The first-order valence-electron chi connectivity index (χ1n) is 6.00. The Balaban J connectivity index is 1.76. The van der Waals surface area contributed by atoms with Crippen molar-refractivity contribution in [2.45, 2.75) is 38.3 Å². The van der Waals surface area contributed by atoms with E-state index in [-0.39, 0.29) is 24.8 Å². The Morgan fingerprint density at radius 2 is 2.28 bits per heavy atom. The smallest absolute Gasteiger partial charge is 0.305 e. The SMILES string of the molecule is O=C(O)CC(NC(=O)CCn1ccnn1)C1CC1. The van der Waals surface area contributed by atoms with Crippen LogP contribution in [0.15, 0.2) is 12.4 Å². The van der Waals surface area contributed by atoms with Crippen LogP contribution < -0.4 is 5.32 Å². The number of hydrogen-bond acceptors (Lipinski definition) is 4. The van der Waals surface area contributed by atoms with E-state index in [4.69, 9.17) is 5.11 Å². The highest BCUT2D eigenvalue weighted by molar-refractivity contribution is 5.77. The van der Waals surface area contributed by atoms with Crippen LogP contribution in [0.3, 0.4) is 0 Å². The summed E-state index contributed by atoms with van der Waals surface area (Å²) >= 11 is 0. The van der Waals surface area contributed by atoms with Gasteiger partial charge in [0.2, 0.25) is 5.91 Å². The molecular formula is C11H16N4O3. The van der Waals surface area contributed by atoms with Gasteiger partial charge in [0.15, 0.2) is 0 Å². The van der Waals surface area contributed by atoms with Crippen LogP contribution in [-0.4, -0.2) is 38.0 Å². The largest absolute Gasteiger partial charge is 0.481 e.